The van der Waals surface area contributed by atoms with Gasteiger partial charge in [0.1, 0.15) is 0 Å². The molecule has 0 aromatic carbocycles. The van der Waals surface area contributed by atoms with Crippen molar-refractivity contribution in [2.75, 3.05) is 13.2 Å². The lowest BCUT2D eigenvalue weighted by molar-refractivity contribution is 0.00688. The Labute approximate surface area is 79.2 Å². The molecule has 0 spiro atoms. The van der Waals surface area contributed by atoms with Gasteiger partial charge >= 0.3 is 0 Å². The molecule has 3 rings (SSSR count). The van der Waals surface area contributed by atoms with Crippen LogP contribution in [0.15, 0.2) is 0 Å². The van der Waals surface area contributed by atoms with E-state index < -0.39 is 0 Å². The highest BCUT2D eigenvalue weighted by molar-refractivity contribution is 4.98. The highest BCUT2D eigenvalue weighted by Gasteiger charge is 2.47. The van der Waals surface area contributed by atoms with Crippen molar-refractivity contribution in [1.29, 1.82) is 0 Å². The first kappa shape index (κ1) is 8.21. The molecule has 0 aromatic rings. The van der Waals surface area contributed by atoms with Gasteiger partial charge in [-0.1, -0.05) is 0 Å². The zero-order valence-corrected chi connectivity index (χ0v) is 7.98. The number of nitrogens with zero attached hydrogens (tertiary/aromatic N) is 1. The maximum Gasteiger partial charge on any atom is 0.163 e. The quantitative estimate of drug-likeness (QED) is 0.700. The molecular formula is C10H18N2O. The van der Waals surface area contributed by atoms with Gasteiger partial charge in [-0.25, -0.2) is 0 Å². The zero-order chi connectivity index (χ0) is 8.84. The maximum absolute atomic E-state index is 5.91. The van der Waals surface area contributed by atoms with Crippen LogP contribution in [-0.4, -0.2) is 30.4 Å². The average molecular weight is 182 g/mol. The number of nitrogens with two attached hydrogens (primary N) is 1. The van der Waals surface area contributed by atoms with Crippen molar-refractivity contribution in [3.63, 3.8) is 0 Å². The molecule has 3 nitrogen and oxygen atoms in total. The first-order chi connectivity index (χ1) is 6.36. The van der Waals surface area contributed by atoms with Crippen molar-refractivity contribution in [3.8, 4) is 0 Å². The third-order valence-corrected chi connectivity index (χ3v) is 3.56. The summed E-state index contributed by atoms with van der Waals surface area (Å²) in [4.78, 5) is 2.40. The topological polar surface area (TPSA) is 38.5 Å². The van der Waals surface area contributed by atoms with Gasteiger partial charge in [0.05, 0.1) is 6.61 Å². The number of ether oxygens (including phenoxy) is 1. The van der Waals surface area contributed by atoms with Crippen molar-refractivity contribution in [2.24, 2.45) is 17.6 Å². The van der Waals surface area contributed by atoms with Gasteiger partial charge in [0, 0.05) is 12.6 Å². The highest BCUT2D eigenvalue weighted by atomic mass is 16.5. The summed E-state index contributed by atoms with van der Waals surface area (Å²) in [5.41, 5.74) is 5.91. The molecule has 0 aromatic heterocycles. The lowest BCUT2D eigenvalue weighted by Gasteiger charge is -2.29. The first-order valence-electron chi connectivity index (χ1n) is 5.49. The Kier molecular flexibility index (Phi) is 1.86. The number of hydrogen-bond acceptors (Lipinski definition) is 3. The van der Waals surface area contributed by atoms with Crippen molar-refractivity contribution in [2.45, 2.75) is 38.1 Å². The van der Waals surface area contributed by atoms with Crippen LogP contribution in [0.5, 0.6) is 0 Å². The average Bonchev–Trinajstić information content (AvgIpc) is 2.96. The molecule has 3 fully saturated rings. The molecular weight excluding hydrogens is 164 g/mol. The molecule has 1 heterocycles. The van der Waals surface area contributed by atoms with Crippen LogP contribution in [0.4, 0.5) is 0 Å². The largest absolute Gasteiger partial charge is 0.349 e. The predicted molar refractivity (Wildman–Crippen MR) is 49.9 cm³/mol. The molecule has 1 saturated heterocycles. The highest BCUT2D eigenvalue weighted by Crippen LogP contribution is 2.47. The summed E-state index contributed by atoms with van der Waals surface area (Å²) in [6.45, 7) is 1.88. The minimum absolute atomic E-state index is 0.105. The lowest BCUT2D eigenvalue weighted by atomic mass is 10.1. The fourth-order valence-electron chi connectivity index (χ4n) is 2.62. The summed E-state index contributed by atoms with van der Waals surface area (Å²) in [7, 11) is 0. The van der Waals surface area contributed by atoms with Crippen LogP contribution >= 0.6 is 0 Å². The molecule has 1 unspecified atom stereocenters. The van der Waals surface area contributed by atoms with E-state index in [2.05, 4.69) is 4.90 Å². The van der Waals surface area contributed by atoms with E-state index in [4.69, 9.17) is 10.5 Å². The predicted octanol–water partition coefficient (Wildman–Crippen LogP) is 0.749. The number of rotatable bonds is 3. The Morgan fingerprint density at radius 1 is 1.15 bits per heavy atom. The molecule has 2 N–H and O–H groups in total. The SMILES string of the molecule is NC1OCCN1C(C1CC1)C1CC1. The Hall–Kier alpha value is -0.120. The Balaban J connectivity index is 1.71. The van der Waals surface area contributed by atoms with Crippen molar-refractivity contribution >= 4 is 0 Å². The summed E-state index contributed by atoms with van der Waals surface area (Å²) >= 11 is 0. The molecule has 2 saturated carbocycles. The molecule has 3 aliphatic rings. The van der Waals surface area contributed by atoms with E-state index in [0.717, 1.165) is 31.0 Å². The van der Waals surface area contributed by atoms with Gasteiger partial charge in [0.25, 0.3) is 0 Å². The van der Waals surface area contributed by atoms with Gasteiger partial charge in [-0.15, -0.1) is 0 Å². The molecule has 74 valence electrons. The van der Waals surface area contributed by atoms with Crippen LogP contribution in [0.1, 0.15) is 25.7 Å². The van der Waals surface area contributed by atoms with E-state index in [1.54, 1.807) is 0 Å². The van der Waals surface area contributed by atoms with Crippen molar-refractivity contribution in [3.05, 3.63) is 0 Å². The van der Waals surface area contributed by atoms with Crippen LogP contribution in [0.3, 0.4) is 0 Å². The van der Waals surface area contributed by atoms with Gasteiger partial charge in [0.15, 0.2) is 6.35 Å². The second-order valence-electron chi connectivity index (χ2n) is 4.66. The van der Waals surface area contributed by atoms with Crippen molar-refractivity contribution in [1.82, 2.24) is 4.90 Å². The lowest BCUT2D eigenvalue weighted by Crippen LogP contribution is -2.46. The molecule has 3 heteroatoms. The Morgan fingerprint density at radius 3 is 2.15 bits per heavy atom. The smallest absolute Gasteiger partial charge is 0.163 e. The fourth-order valence-corrected chi connectivity index (χ4v) is 2.62. The third kappa shape index (κ3) is 1.49. The standard InChI is InChI=1S/C10H18N2O/c11-10-12(5-6-13-10)9(7-1-2-7)8-3-4-8/h7-10H,1-6,11H2. The van der Waals surface area contributed by atoms with E-state index in [1.165, 1.54) is 25.7 Å². The molecule has 1 atom stereocenters. The maximum atomic E-state index is 5.91. The Morgan fingerprint density at radius 2 is 1.77 bits per heavy atom. The molecule has 13 heavy (non-hydrogen) atoms. The van der Waals surface area contributed by atoms with E-state index in [0.29, 0.717) is 0 Å². The summed E-state index contributed by atoms with van der Waals surface area (Å²) < 4.78 is 5.41. The summed E-state index contributed by atoms with van der Waals surface area (Å²) in [6, 6.07) is 0.762. The normalized spacial score (nSPS) is 36.0. The van der Waals surface area contributed by atoms with E-state index >= 15 is 0 Å². The van der Waals surface area contributed by atoms with Crippen LogP contribution in [0.25, 0.3) is 0 Å². The minimum Gasteiger partial charge on any atom is -0.349 e. The molecule has 0 bridgehead atoms. The summed E-state index contributed by atoms with van der Waals surface area (Å²) in [5, 5.41) is 0. The third-order valence-electron chi connectivity index (χ3n) is 3.56. The second-order valence-corrected chi connectivity index (χ2v) is 4.66. The van der Waals surface area contributed by atoms with Crippen LogP contribution < -0.4 is 5.73 Å². The second kappa shape index (κ2) is 2.94. The molecule has 2 aliphatic carbocycles. The van der Waals surface area contributed by atoms with Gasteiger partial charge in [-0.3, -0.25) is 10.6 Å². The molecule has 0 amide bonds. The fraction of sp³-hybridized carbons (Fsp3) is 1.00. The Bertz CT molecular complexity index is 189. The van der Waals surface area contributed by atoms with E-state index in [1.807, 2.05) is 0 Å². The monoisotopic (exact) mass is 182 g/mol. The van der Waals surface area contributed by atoms with Gasteiger partial charge in [0.2, 0.25) is 0 Å². The van der Waals surface area contributed by atoms with Gasteiger partial charge in [-0.05, 0) is 37.5 Å². The minimum atomic E-state index is -0.105. The van der Waals surface area contributed by atoms with Crippen molar-refractivity contribution < 1.29 is 4.74 Å². The van der Waals surface area contributed by atoms with Gasteiger partial charge in [-0.2, -0.15) is 0 Å². The van der Waals surface area contributed by atoms with Crippen LogP contribution in [0, 0.1) is 11.8 Å². The van der Waals surface area contributed by atoms with Gasteiger partial charge < -0.3 is 4.74 Å². The summed E-state index contributed by atoms with van der Waals surface area (Å²) in [6.07, 6.45) is 5.58. The van der Waals surface area contributed by atoms with Crippen LogP contribution in [0.2, 0.25) is 0 Å². The first-order valence-corrected chi connectivity index (χ1v) is 5.49. The zero-order valence-electron chi connectivity index (χ0n) is 7.98. The summed E-state index contributed by atoms with van der Waals surface area (Å²) in [5.74, 6) is 1.89. The number of hydrogen-bond donors (Lipinski definition) is 1. The van der Waals surface area contributed by atoms with E-state index in [-0.39, 0.29) is 6.35 Å². The van der Waals surface area contributed by atoms with Crippen LogP contribution in [-0.2, 0) is 4.74 Å². The molecule has 1 aliphatic heterocycles. The van der Waals surface area contributed by atoms with E-state index in [9.17, 15) is 0 Å². The molecule has 0 radical (unpaired) electrons.